The normalized spacial score (nSPS) is 11.0. The van der Waals surface area contributed by atoms with Crippen molar-refractivity contribution in [3.63, 3.8) is 0 Å². The Kier molecular flexibility index (Phi) is 5.04. The van der Waals surface area contributed by atoms with Gasteiger partial charge in [-0.1, -0.05) is 6.07 Å². The van der Waals surface area contributed by atoms with E-state index in [1.165, 1.54) is 56.5 Å². The molecule has 0 aliphatic heterocycles. The number of hydrogen-bond donors (Lipinski definition) is 0. The van der Waals surface area contributed by atoms with Crippen molar-refractivity contribution in [3.8, 4) is 5.75 Å². The van der Waals surface area contributed by atoms with Crippen molar-refractivity contribution in [2.75, 3.05) is 7.11 Å². The number of esters is 1. The van der Waals surface area contributed by atoms with E-state index in [2.05, 4.69) is 4.74 Å². The lowest BCUT2D eigenvalue weighted by Crippen LogP contribution is -2.13. The lowest BCUT2D eigenvalue weighted by Gasteiger charge is -2.11. The summed E-state index contributed by atoms with van der Waals surface area (Å²) in [4.78, 5) is 22.7. The number of benzene rings is 2. The Morgan fingerprint density at radius 3 is 2.08 bits per heavy atom. The first-order chi connectivity index (χ1) is 11.2. The monoisotopic (exact) mass is 348 g/mol. The molecule has 126 valence electrons. The standard InChI is InChI=1S/C17H16O6S/c1-11-4-5-14(17(19)22-3)10-16(11)24(20,21)23-15-8-6-13(7-9-15)12(2)18/h4-10H,1-3H3. The second-order valence-corrected chi connectivity index (χ2v) is 6.60. The predicted molar refractivity (Wildman–Crippen MR) is 86.8 cm³/mol. The number of methoxy groups -OCH3 is 1. The zero-order valence-electron chi connectivity index (χ0n) is 13.4. The van der Waals surface area contributed by atoms with Crippen LogP contribution in [0, 0.1) is 6.92 Å². The quantitative estimate of drug-likeness (QED) is 0.469. The van der Waals surface area contributed by atoms with Crippen LogP contribution < -0.4 is 4.18 Å². The Hall–Kier alpha value is -2.67. The van der Waals surface area contributed by atoms with E-state index in [-0.39, 0.29) is 22.0 Å². The topological polar surface area (TPSA) is 86.7 Å². The number of carbonyl (C=O) groups is 2. The molecule has 0 bridgehead atoms. The zero-order chi connectivity index (χ0) is 17.9. The van der Waals surface area contributed by atoms with Crippen LogP contribution in [0.4, 0.5) is 0 Å². The Bertz CT molecular complexity index is 882. The fraction of sp³-hybridized carbons (Fsp3) is 0.176. The fourth-order valence-corrected chi connectivity index (χ4v) is 3.22. The third kappa shape index (κ3) is 3.80. The largest absolute Gasteiger partial charge is 0.465 e. The van der Waals surface area contributed by atoms with Crippen LogP contribution in [0.3, 0.4) is 0 Å². The van der Waals surface area contributed by atoms with E-state index in [1.807, 2.05) is 0 Å². The van der Waals surface area contributed by atoms with Gasteiger partial charge >= 0.3 is 16.1 Å². The van der Waals surface area contributed by atoms with Crippen LogP contribution in [-0.4, -0.2) is 27.3 Å². The van der Waals surface area contributed by atoms with Gasteiger partial charge in [0, 0.05) is 5.56 Å². The first kappa shape index (κ1) is 17.7. The molecule has 0 spiro atoms. The second kappa shape index (κ2) is 6.84. The summed E-state index contributed by atoms with van der Waals surface area (Å²) in [6.45, 7) is 3.00. The molecular formula is C17H16O6S. The van der Waals surface area contributed by atoms with Gasteiger partial charge in [0.1, 0.15) is 10.6 Å². The molecule has 0 unspecified atom stereocenters. The Labute approximate surface area is 140 Å². The van der Waals surface area contributed by atoms with Gasteiger partial charge in [-0.3, -0.25) is 4.79 Å². The van der Waals surface area contributed by atoms with Gasteiger partial charge in [-0.15, -0.1) is 0 Å². The third-order valence-corrected chi connectivity index (χ3v) is 4.74. The fourth-order valence-electron chi connectivity index (χ4n) is 2.03. The van der Waals surface area contributed by atoms with Gasteiger partial charge in [0.25, 0.3) is 0 Å². The molecule has 0 aliphatic rings. The summed E-state index contributed by atoms with van der Waals surface area (Å²) in [6.07, 6.45) is 0. The smallest absolute Gasteiger partial charge is 0.339 e. The molecule has 0 saturated carbocycles. The highest BCUT2D eigenvalue weighted by Gasteiger charge is 2.21. The molecule has 0 N–H and O–H groups in total. The number of ketones is 1. The second-order valence-electron chi connectivity index (χ2n) is 5.09. The van der Waals surface area contributed by atoms with Crippen LogP contribution in [0.5, 0.6) is 5.75 Å². The lowest BCUT2D eigenvalue weighted by molar-refractivity contribution is 0.0600. The van der Waals surface area contributed by atoms with Gasteiger partial charge in [-0.2, -0.15) is 8.42 Å². The number of aryl methyl sites for hydroxylation is 1. The maximum Gasteiger partial charge on any atom is 0.339 e. The summed E-state index contributed by atoms with van der Waals surface area (Å²) in [5, 5.41) is 0. The molecule has 24 heavy (non-hydrogen) atoms. The molecule has 6 nitrogen and oxygen atoms in total. The van der Waals surface area contributed by atoms with E-state index in [1.54, 1.807) is 6.92 Å². The molecule has 0 atom stereocenters. The average molecular weight is 348 g/mol. The molecule has 2 aromatic carbocycles. The average Bonchev–Trinajstić information content (AvgIpc) is 2.54. The lowest BCUT2D eigenvalue weighted by atomic mass is 10.1. The predicted octanol–water partition coefficient (Wildman–Crippen LogP) is 2.75. The van der Waals surface area contributed by atoms with E-state index >= 15 is 0 Å². The van der Waals surface area contributed by atoms with E-state index in [4.69, 9.17) is 4.18 Å². The van der Waals surface area contributed by atoms with Crippen molar-refractivity contribution in [2.45, 2.75) is 18.7 Å². The van der Waals surface area contributed by atoms with Crippen molar-refractivity contribution in [1.82, 2.24) is 0 Å². The van der Waals surface area contributed by atoms with Crippen molar-refractivity contribution < 1.29 is 26.9 Å². The minimum Gasteiger partial charge on any atom is -0.465 e. The van der Waals surface area contributed by atoms with Crippen LogP contribution in [-0.2, 0) is 14.9 Å². The van der Waals surface area contributed by atoms with Crippen LogP contribution in [0.2, 0.25) is 0 Å². The first-order valence-corrected chi connectivity index (χ1v) is 8.40. The van der Waals surface area contributed by atoms with Gasteiger partial charge in [0.2, 0.25) is 0 Å². The number of ether oxygens (including phenoxy) is 1. The highest BCUT2D eigenvalue weighted by molar-refractivity contribution is 7.87. The molecule has 0 aliphatic carbocycles. The van der Waals surface area contributed by atoms with Crippen LogP contribution in [0.1, 0.15) is 33.2 Å². The van der Waals surface area contributed by atoms with Crippen molar-refractivity contribution in [1.29, 1.82) is 0 Å². The molecule has 0 saturated heterocycles. The Morgan fingerprint density at radius 2 is 1.54 bits per heavy atom. The van der Waals surface area contributed by atoms with Gasteiger partial charge in [0.15, 0.2) is 5.78 Å². The van der Waals surface area contributed by atoms with E-state index < -0.39 is 16.1 Å². The summed E-state index contributed by atoms with van der Waals surface area (Å²) in [6, 6.07) is 9.93. The molecule has 0 amide bonds. The number of Topliss-reactive ketones (excluding diaryl/α,β-unsaturated/α-hetero) is 1. The van der Waals surface area contributed by atoms with E-state index in [0.717, 1.165) is 0 Å². The van der Waals surface area contributed by atoms with Gasteiger partial charge in [-0.25, -0.2) is 4.79 Å². The SMILES string of the molecule is COC(=O)c1ccc(C)c(S(=O)(=O)Oc2ccc(C(C)=O)cc2)c1. The molecule has 2 aromatic rings. The van der Waals surface area contributed by atoms with Crippen LogP contribution in [0.15, 0.2) is 47.4 Å². The van der Waals surface area contributed by atoms with Crippen LogP contribution >= 0.6 is 0 Å². The highest BCUT2D eigenvalue weighted by Crippen LogP contribution is 2.23. The molecule has 2 rings (SSSR count). The maximum atomic E-state index is 12.5. The highest BCUT2D eigenvalue weighted by atomic mass is 32.2. The molecular weight excluding hydrogens is 332 g/mol. The number of hydrogen-bond acceptors (Lipinski definition) is 6. The minimum absolute atomic E-state index is 0.0721. The van der Waals surface area contributed by atoms with Gasteiger partial charge in [-0.05, 0) is 55.8 Å². The molecule has 0 heterocycles. The van der Waals surface area contributed by atoms with E-state index in [9.17, 15) is 18.0 Å². The van der Waals surface area contributed by atoms with Crippen LogP contribution in [0.25, 0.3) is 0 Å². The number of rotatable bonds is 5. The van der Waals surface area contributed by atoms with E-state index in [0.29, 0.717) is 11.1 Å². The molecule has 0 aromatic heterocycles. The Balaban J connectivity index is 2.36. The molecule has 0 radical (unpaired) electrons. The van der Waals surface area contributed by atoms with Crippen molar-refractivity contribution in [2.24, 2.45) is 0 Å². The zero-order valence-corrected chi connectivity index (χ0v) is 14.2. The summed E-state index contributed by atoms with van der Waals surface area (Å²) >= 11 is 0. The first-order valence-electron chi connectivity index (χ1n) is 6.99. The summed E-state index contributed by atoms with van der Waals surface area (Å²) in [7, 11) is -2.92. The van der Waals surface area contributed by atoms with Gasteiger partial charge in [0.05, 0.1) is 12.7 Å². The minimum atomic E-state index is -4.13. The van der Waals surface area contributed by atoms with Gasteiger partial charge < -0.3 is 8.92 Å². The summed E-state index contributed by atoms with van der Waals surface area (Å²) in [5.74, 6) is -0.703. The molecule has 7 heteroatoms. The Morgan fingerprint density at radius 1 is 0.958 bits per heavy atom. The third-order valence-electron chi connectivity index (χ3n) is 3.35. The maximum absolute atomic E-state index is 12.5. The van der Waals surface area contributed by atoms with Crippen molar-refractivity contribution in [3.05, 3.63) is 59.2 Å². The summed E-state index contributed by atoms with van der Waals surface area (Å²) < 4.78 is 34.6. The molecule has 0 fully saturated rings. The number of carbonyl (C=O) groups excluding carboxylic acids is 2. The van der Waals surface area contributed by atoms with Crippen molar-refractivity contribution >= 4 is 21.9 Å². The summed E-state index contributed by atoms with van der Waals surface area (Å²) in [5.41, 5.74) is 0.990.